The maximum absolute atomic E-state index is 6.33. The van der Waals surface area contributed by atoms with Crippen LogP contribution in [0.25, 0.3) is 0 Å². The molecule has 2 N–H and O–H groups in total. The van der Waals surface area contributed by atoms with Crippen molar-refractivity contribution in [3.05, 3.63) is 29.8 Å². The molecule has 112 valence electrons. The molecule has 1 aromatic carbocycles. The summed E-state index contributed by atoms with van der Waals surface area (Å²) < 4.78 is 6.33. The van der Waals surface area contributed by atoms with Crippen LogP contribution in [0.15, 0.2) is 24.3 Å². The number of hydrogen-bond acceptors (Lipinski definition) is 2. The van der Waals surface area contributed by atoms with Crippen molar-refractivity contribution >= 4 is 0 Å². The van der Waals surface area contributed by atoms with Crippen LogP contribution in [0, 0.1) is 17.8 Å². The van der Waals surface area contributed by atoms with Crippen LogP contribution in [0.4, 0.5) is 0 Å². The summed E-state index contributed by atoms with van der Waals surface area (Å²) in [5.41, 5.74) is 7.10. The van der Waals surface area contributed by atoms with Gasteiger partial charge >= 0.3 is 0 Å². The molecule has 1 aliphatic carbocycles. The summed E-state index contributed by atoms with van der Waals surface area (Å²) >= 11 is 0. The van der Waals surface area contributed by atoms with Gasteiger partial charge in [-0.1, -0.05) is 39.3 Å². The number of rotatable bonds is 4. The molecule has 2 rings (SSSR count). The minimum absolute atomic E-state index is 0.0599. The van der Waals surface area contributed by atoms with Gasteiger partial charge in [0.1, 0.15) is 11.9 Å². The van der Waals surface area contributed by atoms with Gasteiger partial charge in [-0.15, -0.1) is 0 Å². The van der Waals surface area contributed by atoms with E-state index in [0.29, 0.717) is 17.9 Å². The summed E-state index contributed by atoms with van der Waals surface area (Å²) in [6, 6.07) is 8.33. The molecule has 0 radical (unpaired) electrons. The van der Waals surface area contributed by atoms with Gasteiger partial charge in [0.2, 0.25) is 0 Å². The minimum Gasteiger partial charge on any atom is -0.490 e. The van der Waals surface area contributed by atoms with Crippen LogP contribution in [0.2, 0.25) is 0 Å². The lowest BCUT2D eigenvalue weighted by molar-refractivity contribution is 0.0459. The molecular formula is C18H29NO. The molecule has 0 aliphatic heterocycles. The van der Waals surface area contributed by atoms with Crippen LogP contribution in [0.5, 0.6) is 5.75 Å². The Bertz CT molecular complexity index is 427. The van der Waals surface area contributed by atoms with Crippen LogP contribution >= 0.6 is 0 Å². The minimum atomic E-state index is 0.0599. The van der Waals surface area contributed by atoms with E-state index in [-0.39, 0.29) is 6.04 Å². The SMILES string of the molecule is CC1CCC(C(C)C)C(Oc2cccc(C(C)N)c2)C1. The molecule has 1 aromatic rings. The first-order valence-electron chi connectivity index (χ1n) is 7.99. The summed E-state index contributed by atoms with van der Waals surface area (Å²) in [5, 5.41) is 0. The zero-order valence-electron chi connectivity index (χ0n) is 13.3. The average molecular weight is 275 g/mol. The van der Waals surface area contributed by atoms with Crippen molar-refractivity contribution in [2.75, 3.05) is 0 Å². The summed E-state index contributed by atoms with van der Waals surface area (Å²) in [5.74, 6) is 3.10. The summed E-state index contributed by atoms with van der Waals surface area (Å²) in [7, 11) is 0. The van der Waals surface area contributed by atoms with E-state index in [0.717, 1.165) is 17.2 Å². The summed E-state index contributed by atoms with van der Waals surface area (Å²) in [4.78, 5) is 0. The first-order valence-corrected chi connectivity index (χ1v) is 7.99. The molecule has 0 aromatic heterocycles. The van der Waals surface area contributed by atoms with E-state index in [2.05, 4.69) is 39.0 Å². The highest BCUT2D eigenvalue weighted by atomic mass is 16.5. The first kappa shape index (κ1) is 15.4. The predicted molar refractivity (Wildman–Crippen MR) is 84.8 cm³/mol. The third-order valence-electron chi connectivity index (χ3n) is 4.63. The van der Waals surface area contributed by atoms with E-state index in [4.69, 9.17) is 10.5 Å². The maximum atomic E-state index is 6.33. The number of hydrogen-bond donors (Lipinski definition) is 1. The third kappa shape index (κ3) is 3.76. The topological polar surface area (TPSA) is 35.2 Å². The van der Waals surface area contributed by atoms with Gasteiger partial charge in [0, 0.05) is 6.04 Å². The Hall–Kier alpha value is -1.02. The van der Waals surface area contributed by atoms with Gasteiger partial charge in [-0.2, -0.15) is 0 Å². The van der Waals surface area contributed by atoms with Crippen LogP contribution in [-0.4, -0.2) is 6.10 Å². The zero-order chi connectivity index (χ0) is 14.7. The summed E-state index contributed by atoms with van der Waals surface area (Å²) in [6.07, 6.45) is 4.15. The molecule has 2 heteroatoms. The van der Waals surface area contributed by atoms with Gasteiger partial charge in [-0.3, -0.25) is 0 Å². The molecule has 0 amide bonds. The molecule has 0 bridgehead atoms. The third-order valence-corrected chi connectivity index (χ3v) is 4.63. The average Bonchev–Trinajstić information content (AvgIpc) is 2.38. The molecule has 0 saturated heterocycles. The van der Waals surface area contributed by atoms with Crippen molar-refractivity contribution in [2.45, 2.75) is 59.1 Å². The quantitative estimate of drug-likeness (QED) is 0.875. The lowest BCUT2D eigenvalue weighted by Crippen LogP contribution is -2.36. The first-order chi connectivity index (χ1) is 9.47. The highest BCUT2D eigenvalue weighted by Gasteiger charge is 2.32. The fourth-order valence-corrected chi connectivity index (χ4v) is 3.30. The van der Waals surface area contributed by atoms with Crippen molar-refractivity contribution in [3.8, 4) is 5.75 Å². The van der Waals surface area contributed by atoms with Crippen molar-refractivity contribution < 1.29 is 4.74 Å². The Balaban J connectivity index is 2.11. The Labute approximate surface area is 123 Å². The predicted octanol–water partition coefficient (Wildman–Crippen LogP) is 4.55. The monoisotopic (exact) mass is 275 g/mol. The van der Waals surface area contributed by atoms with Gasteiger partial charge in [0.05, 0.1) is 0 Å². The lowest BCUT2D eigenvalue weighted by atomic mass is 9.75. The van der Waals surface area contributed by atoms with Crippen LogP contribution < -0.4 is 10.5 Å². The molecule has 0 heterocycles. The van der Waals surface area contributed by atoms with E-state index in [1.54, 1.807) is 0 Å². The Morgan fingerprint density at radius 1 is 1.20 bits per heavy atom. The highest BCUT2D eigenvalue weighted by molar-refractivity contribution is 5.30. The normalized spacial score (nSPS) is 28.4. The Kier molecular flexibility index (Phi) is 5.09. The second-order valence-corrected chi connectivity index (χ2v) is 6.84. The van der Waals surface area contributed by atoms with E-state index >= 15 is 0 Å². The molecular weight excluding hydrogens is 246 g/mol. The molecule has 1 aliphatic rings. The van der Waals surface area contributed by atoms with E-state index in [9.17, 15) is 0 Å². The van der Waals surface area contributed by atoms with Crippen LogP contribution in [-0.2, 0) is 0 Å². The lowest BCUT2D eigenvalue weighted by Gasteiger charge is -2.37. The standard InChI is InChI=1S/C18H29NO/c1-12(2)17-9-8-13(3)10-18(17)20-16-7-5-6-15(11-16)14(4)19/h5-7,11-14,17-18H,8-10,19H2,1-4H3. The second-order valence-electron chi connectivity index (χ2n) is 6.84. The van der Waals surface area contributed by atoms with E-state index in [1.807, 2.05) is 13.0 Å². The molecule has 0 spiro atoms. The van der Waals surface area contributed by atoms with E-state index < -0.39 is 0 Å². The molecule has 4 unspecified atom stereocenters. The Morgan fingerprint density at radius 2 is 1.95 bits per heavy atom. The molecule has 20 heavy (non-hydrogen) atoms. The van der Waals surface area contributed by atoms with Crippen molar-refractivity contribution in [1.29, 1.82) is 0 Å². The van der Waals surface area contributed by atoms with Crippen molar-refractivity contribution in [1.82, 2.24) is 0 Å². The molecule has 2 nitrogen and oxygen atoms in total. The van der Waals surface area contributed by atoms with Gasteiger partial charge in [-0.25, -0.2) is 0 Å². The van der Waals surface area contributed by atoms with Crippen LogP contribution in [0.3, 0.4) is 0 Å². The smallest absolute Gasteiger partial charge is 0.120 e. The fraction of sp³-hybridized carbons (Fsp3) is 0.667. The highest BCUT2D eigenvalue weighted by Crippen LogP contribution is 2.36. The van der Waals surface area contributed by atoms with Gasteiger partial charge in [0.15, 0.2) is 0 Å². The number of ether oxygens (including phenoxy) is 1. The molecule has 1 fully saturated rings. The van der Waals surface area contributed by atoms with Crippen molar-refractivity contribution in [2.24, 2.45) is 23.5 Å². The van der Waals surface area contributed by atoms with Gasteiger partial charge < -0.3 is 10.5 Å². The largest absolute Gasteiger partial charge is 0.490 e. The van der Waals surface area contributed by atoms with E-state index in [1.165, 1.54) is 19.3 Å². The zero-order valence-corrected chi connectivity index (χ0v) is 13.3. The molecule has 4 atom stereocenters. The fourth-order valence-electron chi connectivity index (χ4n) is 3.30. The second kappa shape index (κ2) is 6.62. The van der Waals surface area contributed by atoms with Crippen molar-refractivity contribution in [3.63, 3.8) is 0 Å². The molecule has 1 saturated carbocycles. The summed E-state index contributed by atoms with van der Waals surface area (Å²) in [6.45, 7) is 8.98. The van der Waals surface area contributed by atoms with Crippen LogP contribution in [0.1, 0.15) is 58.6 Å². The number of benzene rings is 1. The van der Waals surface area contributed by atoms with Gasteiger partial charge in [-0.05, 0) is 55.2 Å². The van der Waals surface area contributed by atoms with Gasteiger partial charge in [0.25, 0.3) is 0 Å². The Morgan fingerprint density at radius 3 is 2.60 bits per heavy atom. The maximum Gasteiger partial charge on any atom is 0.120 e. The number of nitrogens with two attached hydrogens (primary N) is 1.